The third-order valence-electron chi connectivity index (χ3n) is 1.99. The molecule has 0 spiro atoms. The predicted molar refractivity (Wildman–Crippen MR) is 48.7 cm³/mol. The zero-order valence-electron chi connectivity index (χ0n) is 6.65. The van der Waals surface area contributed by atoms with E-state index in [1.807, 2.05) is 0 Å². The van der Waals surface area contributed by atoms with Crippen LogP contribution in [0.3, 0.4) is 0 Å². The molecule has 0 bridgehead atoms. The van der Waals surface area contributed by atoms with Gasteiger partial charge in [-0.25, -0.2) is 0 Å². The highest BCUT2D eigenvalue weighted by Gasteiger charge is 2.15. The van der Waals surface area contributed by atoms with Gasteiger partial charge < -0.3 is 4.90 Å². The highest BCUT2D eigenvalue weighted by molar-refractivity contribution is 9.09. The van der Waals surface area contributed by atoms with Gasteiger partial charge in [0, 0.05) is 11.4 Å². The van der Waals surface area contributed by atoms with Gasteiger partial charge in [0.2, 0.25) is 0 Å². The van der Waals surface area contributed by atoms with Crippen molar-refractivity contribution in [3.8, 4) is 0 Å². The molecule has 1 fully saturated rings. The Hall–Kier alpha value is 0.440. The second-order valence-corrected chi connectivity index (χ2v) is 4.34. The van der Waals surface area contributed by atoms with Crippen LogP contribution in [0.4, 0.5) is 0 Å². The fourth-order valence-corrected chi connectivity index (χ4v) is 2.25. The normalized spacial score (nSPS) is 28.8. The quantitative estimate of drug-likeness (QED) is 0.626. The van der Waals surface area contributed by atoms with Crippen molar-refractivity contribution < 1.29 is 0 Å². The van der Waals surface area contributed by atoms with Gasteiger partial charge in [-0.2, -0.15) is 0 Å². The molecule has 1 heterocycles. The average molecular weight is 206 g/mol. The topological polar surface area (TPSA) is 3.24 Å². The van der Waals surface area contributed by atoms with Crippen LogP contribution in [0.25, 0.3) is 0 Å². The molecule has 60 valence electrons. The summed E-state index contributed by atoms with van der Waals surface area (Å²) in [6.45, 7) is 6.10. The van der Waals surface area contributed by atoms with Crippen molar-refractivity contribution in [2.24, 2.45) is 0 Å². The molecule has 0 aromatic rings. The van der Waals surface area contributed by atoms with Gasteiger partial charge in [-0.05, 0) is 32.4 Å². The summed E-state index contributed by atoms with van der Waals surface area (Å²) in [5.74, 6) is 0. The molecular weight excluding hydrogens is 190 g/mol. The van der Waals surface area contributed by atoms with Crippen LogP contribution in [0.5, 0.6) is 0 Å². The van der Waals surface area contributed by atoms with Crippen LogP contribution < -0.4 is 0 Å². The van der Waals surface area contributed by atoms with E-state index in [-0.39, 0.29) is 0 Å². The van der Waals surface area contributed by atoms with Crippen LogP contribution in [0.1, 0.15) is 26.2 Å². The van der Waals surface area contributed by atoms with E-state index in [0.29, 0.717) is 0 Å². The van der Waals surface area contributed by atoms with Gasteiger partial charge in [0.05, 0.1) is 0 Å². The Bertz CT molecular complexity index is 93.3. The Kier molecular flexibility index (Phi) is 3.71. The first-order valence-electron chi connectivity index (χ1n) is 4.19. The van der Waals surface area contributed by atoms with Crippen molar-refractivity contribution in [2.45, 2.75) is 31.0 Å². The first-order chi connectivity index (χ1) is 4.83. The molecule has 0 aromatic carbocycles. The summed E-state index contributed by atoms with van der Waals surface area (Å²) in [6.07, 6.45) is 4.02. The summed E-state index contributed by atoms with van der Waals surface area (Å²) >= 11 is 3.66. The molecule has 2 heteroatoms. The highest BCUT2D eigenvalue weighted by atomic mass is 79.9. The molecule has 1 saturated heterocycles. The van der Waals surface area contributed by atoms with Gasteiger partial charge in [0.15, 0.2) is 0 Å². The average Bonchev–Trinajstić information content (AvgIpc) is 1.88. The summed E-state index contributed by atoms with van der Waals surface area (Å²) in [4.78, 5) is 3.30. The summed E-state index contributed by atoms with van der Waals surface area (Å²) in [7, 11) is 0. The second kappa shape index (κ2) is 4.35. The minimum Gasteiger partial charge on any atom is -0.302 e. The molecule has 0 saturated carbocycles. The molecule has 0 radical (unpaired) electrons. The molecule has 0 aliphatic carbocycles. The van der Waals surface area contributed by atoms with E-state index in [0.717, 1.165) is 4.83 Å². The van der Waals surface area contributed by atoms with E-state index >= 15 is 0 Å². The van der Waals surface area contributed by atoms with Crippen LogP contribution >= 0.6 is 15.9 Å². The number of piperidine rings is 1. The third kappa shape index (κ3) is 2.59. The SMILES string of the molecule is CCCN1CCCC(Br)C1. The Labute approximate surface area is 71.9 Å². The molecule has 1 unspecified atom stereocenters. The largest absolute Gasteiger partial charge is 0.302 e. The van der Waals surface area contributed by atoms with Gasteiger partial charge in [-0.3, -0.25) is 0 Å². The highest BCUT2D eigenvalue weighted by Crippen LogP contribution is 2.16. The van der Waals surface area contributed by atoms with E-state index in [4.69, 9.17) is 0 Å². The minimum atomic E-state index is 0.757. The van der Waals surface area contributed by atoms with E-state index in [1.165, 1.54) is 38.9 Å². The zero-order chi connectivity index (χ0) is 7.40. The van der Waals surface area contributed by atoms with Gasteiger partial charge in [0.1, 0.15) is 0 Å². The lowest BCUT2D eigenvalue weighted by Crippen LogP contribution is -2.36. The zero-order valence-corrected chi connectivity index (χ0v) is 8.23. The predicted octanol–water partition coefficient (Wildman–Crippen LogP) is 2.26. The molecule has 10 heavy (non-hydrogen) atoms. The van der Waals surface area contributed by atoms with Gasteiger partial charge in [-0.1, -0.05) is 22.9 Å². The number of alkyl halides is 1. The van der Waals surface area contributed by atoms with Gasteiger partial charge in [-0.15, -0.1) is 0 Å². The molecule has 1 aliphatic rings. The number of hydrogen-bond acceptors (Lipinski definition) is 1. The molecule has 1 aliphatic heterocycles. The second-order valence-electron chi connectivity index (χ2n) is 3.04. The Balaban J connectivity index is 2.18. The summed E-state index contributed by atoms with van der Waals surface area (Å²) in [5, 5.41) is 0. The lowest BCUT2D eigenvalue weighted by molar-refractivity contribution is 0.236. The molecule has 0 aromatic heterocycles. The Morgan fingerprint density at radius 2 is 2.40 bits per heavy atom. The molecular formula is C8H16BrN. The molecule has 0 N–H and O–H groups in total. The Morgan fingerprint density at radius 3 is 3.00 bits per heavy atom. The molecule has 1 atom stereocenters. The van der Waals surface area contributed by atoms with Crippen molar-refractivity contribution in [3.63, 3.8) is 0 Å². The maximum absolute atomic E-state index is 3.66. The lowest BCUT2D eigenvalue weighted by atomic mass is 10.1. The van der Waals surface area contributed by atoms with E-state index in [1.54, 1.807) is 0 Å². The van der Waals surface area contributed by atoms with Crippen LogP contribution in [0.2, 0.25) is 0 Å². The summed E-state index contributed by atoms with van der Waals surface area (Å²) in [6, 6.07) is 0. The van der Waals surface area contributed by atoms with Gasteiger partial charge >= 0.3 is 0 Å². The van der Waals surface area contributed by atoms with Crippen molar-refractivity contribution in [2.75, 3.05) is 19.6 Å². The van der Waals surface area contributed by atoms with Crippen molar-refractivity contribution >= 4 is 15.9 Å². The van der Waals surface area contributed by atoms with Crippen molar-refractivity contribution in [3.05, 3.63) is 0 Å². The van der Waals surface area contributed by atoms with E-state index in [2.05, 4.69) is 27.8 Å². The smallest absolute Gasteiger partial charge is 0.0273 e. The van der Waals surface area contributed by atoms with Gasteiger partial charge in [0.25, 0.3) is 0 Å². The van der Waals surface area contributed by atoms with Crippen LogP contribution in [-0.2, 0) is 0 Å². The number of hydrogen-bond donors (Lipinski definition) is 0. The van der Waals surface area contributed by atoms with Crippen LogP contribution in [0, 0.1) is 0 Å². The summed E-state index contributed by atoms with van der Waals surface area (Å²) in [5.41, 5.74) is 0. The van der Waals surface area contributed by atoms with Crippen molar-refractivity contribution in [1.82, 2.24) is 4.90 Å². The monoisotopic (exact) mass is 205 g/mol. The maximum Gasteiger partial charge on any atom is 0.0273 e. The van der Waals surface area contributed by atoms with E-state index in [9.17, 15) is 0 Å². The molecule has 1 nitrogen and oxygen atoms in total. The van der Waals surface area contributed by atoms with Crippen LogP contribution in [-0.4, -0.2) is 29.4 Å². The fraction of sp³-hybridized carbons (Fsp3) is 1.00. The summed E-state index contributed by atoms with van der Waals surface area (Å²) < 4.78 is 0. The van der Waals surface area contributed by atoms with Crippen LogP contribution in [0.15, 0.2) is 0 Å². The molecule has 1 rings (SSSR count). The standard InChI is InChI=1S/C8H16BrN/c1-2-5-10-6-3-4-8(9)7-10/h8H,2-7H2,1H3. The van der Waals surface area contributed by atoms with Crippen molar-refractivity contribution in [1.29, 1.82) is 0 Å². The Morgan fingerprint density at radius 1 is 1.60 bits per heavy atom. The van der Waals surface area contributed by atoms with E-state index < -0.39 is 0 Å². The number of likely N-dealkylation sites (tertiary alicyclic amines) is 1. The number of halogens is 1. The molecule has 0 amide bonds. The first-order valence-corrected chi connectivity index (χ1v) is 5.11. The minimum absolute atomic E-state index is 0.757. The lowest BCUT2D eigenvalue weighted by Gasteiger charge is -2.29. The first kappa shape index (κ1) is 8.54. The maximum atomic E-state index is 3.66. The number of nitrogens with zero attached hydrogens (tertiary/aromatic N) is 1. The number of rotatable bonds is 2. The fourth-order valence-electron chi connectivity index (χ4n) is 1.52. The third-order valence-corrected chi connectivity index (χ3v) is 2.74.